The third-order valence-corrected chi connectivity index (χ3v) is 4.30. The van der Waals surface area contributed by atoms with E-state index in [1.807, 2.05) is 4.72 Å². The van der Waals surface area contributed by atoms with Gasteiger partial charge in [-0.2, -0.15) is 9.99 Å². The molecule has 0 fully saturated rings. The van der Waals surface area contributed by atoms with Crippen LogP contribution in [0, 0.1) is 16.5 Å². The Balaban J connectivity index is 2.13. The standard InChI is InChI=1S/C15H12N4O5S/c16-8-7-14(20)17-12-3-5-13(6-4-12)25(23,24)18-15(21)11-2-1-9-19(22)10-11/h1-6,9-10H,7H2,(H,17,20)(H,18,21). The summed E-state index contributed by atoms with van der Waals surface area (Å²) in [7, 11) is -4.15. The van der Waals surface area contributed by atoms with Gasteiger partial charge in [0.1, 0.15) is 12.0 Å². The molecule has 10 heteroatoms. The summed E-state index contributed by atoms with van der Waals surface area (Å²) in [5.74, 6) is -1.47. The average molecular weight is 360 g/mol. The van der Waals surface area contributed by atoms with Crippen LogP contribution >= 0.6 is 0 Å². The first-order chi connectivity index (χ1) is 11.8. The molecule has 0 bridgehead atoms. The third-order valence-electron chi connectivity index (χ3n) is 2.95. The number of nitrogens with one attached hydrogen (secondary N) is 2. The molecule has 2 rings (SSSR count). The van der Waals surface area contributed by atoms with E-state index >= 15 is 0 Å². The maximum absolute atomic E-state index is 12.2. The molecule has 2 N–H and O–H groups in total. The summed E-state index contributed by atoms with van der Waals surface area (Å²) >= 11 is 0. The van der Waals surface area contributed by atoms with Crippen molar-refractivity contribution in [2.24, 2.45) is 0 Å². The van der Waals surface area contributed by atoms with Gasteiger partial charge in [0.2, 0.25) is 5.91 Å². The highest BCUT2D eigenvalue weighted by atomic mass is 32.2. The van der Waals surface area contributed by atoms with Crippen molar-refractivity contribution in [3.05, 3.63) is 59.6 Å². The maximum atomic E-state index is 12.2. The average Bonchev–Trinajstić information content (AvgIpc) is 2.55. The van der Waals surface area contributed by atoms with Gasteiger partial charge in [0.15, 0.2) is 12.4 Å². The quantitative estimate of drug-likeness (QED) is 0.579. The molecule has 0 aliphatic rings. The minimum atomic E-state index is -4.15. The molecule has 2 amide bonds. The van der Waals surface area contributed by atoms with Gasteiger partial charge in [-0.1, -0.05) is 0 Å². The highest BCUT2D eigenvalue weighted by Crippen LogP contribution is 2.14. The van der Waals surface area contributed by atoms with Crippen LogP contribution in [0.25, 0.3) is 0 Å². The largest absolute Gasteiger partial charge is 0.619 e. The minimum Gasteiger partial charge on any atom is -0.619 e. The van der Waals surface area contributed by atoms with Crippen molar-refractivity contribution in [3.8, 4) is 6.07 Å². The topological polar surface area (TPSA) is 143 Å². The van der Waals surface area contributed by atoms with Crippen molar-refractivity contribution in [3.63, 3.8) is 0 Å². The molecule has 0 aliphatic heterocycles. The van der Waals surface area contributed by atoms with Gasteiger partial charge in [0.05, 0.1) is 11.0 Å². The van der Waals surface area contributed by atoms with Crippen LogP contribution in [0.5, 0.6) is 0 Å². The molecule has 1 aromatic carbocycles. The first kappa shape index (κ1) is 17.9. The number of hydrogen-bond donors (Lipinski definition) is 2. The van der Waals surface area contributed by atoms with Gasteiger partial charge in [-0.25, -0.2) is 13.1 Å². The number of rotatable bonds is 5. The van der Waals surface area contributed by atoms with Gasteiger partial charge in [-0.3, -0.25) is 9.59 Å². The van der Waals surface area contributed by atoms with Crippen molar-refractivity contribution in [1.82, 2.24) is 4.72 Å². The van der Waals surface area contributed by atoms with Crippen LogP contribution in [-0.2, 0) is 14.8 Å². The Hall–Kier alpha value is -3.45. The van der Waals surface area contributed by atoms with Gasteiger partial charge < -0.3 is 10.5 Å². The number of carbonyl (C=O) groups is 2. The first-order valence-corrected chi connectivity index (χ1v) is 8.33. The zero-order valence-electron chi connectivity index (χ0n) is 12.7. The van der Waals surface area contributed by atoms with E-state index in [4.69, 9.17) is 5.26 Å². The molecule has 0 saturated carbocycles. The molecule has 128 valence electrons. The van der Waals surface area contributed by atoms with Gasteiger partial charge in [-0.05, 0) is 30.3 Å². The number of sulfonamides is 1. The second-order valence-corrected chi connectivity index (χ2v) is 6.48. The van der Waals surface area contributed by atoms with E-state index < -0.39 is 21.8 Å². The molecule has 2 aromatic rings. The normalized spacial score (nSPS) is 10.5. The van der Waals surface area contributed by atoms with Crippen LogP contribution in [0.15, 0.2) is 53.7 Å². The lowest BCUT2D eigenvalue weighted by Crippen LogP contribution is -2.33. The zero-order chi connectivity index (χ0) is 18.4. The van der Waals surface area contributed by atoms with Crippen LogP contribution in [0.3, 0.4) is 0 Å². The lowest BCUT2D eigenvalue weighted by atomic mass is 10.3. The maximum Gasteiger partial charge on any atom is 0.271 e. The first-order valence-electron chi connectivity index (χ1n) is 6.84. The molecular weight excluding hydrogens is 348 g/mol. The van der Waals surface area contributed by atoms with Crippen molar-refractivity contribution in [2.45, 2.75) is 11.3 Å². The Kier molecular flexibility index (Phi) is 5.31. The van der Waals surface area contributed by atoms with E-state index in [-0.39, 0.29) is 16.9 Å². The molecule has 0 aliphatic carbocycles. The Morgan fingerprint density at radius 3 is 2.48 bits per heavy atom. The van der Waals surface area contributed by atoms with Crippen molar-refractivity contribution < 1.29 is 22.7 Å². The third kappa shape index (κ3) is 4.76. The number of benzene rings is 1. The molecular formula is C15H12N4O5S. The van der Waals surface area contributed by atoms with Gasteiger partial charge >= 0.3 is 0 Å². The van der Waals surface area contributed by atoms with Crippen LogP contribution < -0.4 is 14.8 Å². The van der Waals surface area contributed by atoms with E-state index in [1.54, 1.807) is 6.07 Å². The Morgan fingerprint density at radius 2 is 1.88 bits per heavy atom. The van der Waals surface area contributed by atoms with Crippen LogP contribution in [0.1, 0.15) is 16.8 Å². The van der Waals surface area contributed by atoms with Gasteiger partial charge in [0, 0.05) is 11.8 Å². The highest BCUT2D eigenvalue weighted by Gasteiger charge is 2.20. The fourth-order valence-corrected chi connectivity index (χ4v) is 2.80. The predicted molar refractivity (Wildman–Crippen MR) is 85.4 cm³/mol. The minimum absolute atomic E-state index is 0.110. The van der Waals surface area contributed by atoms with Gasteiger partial charge in [-0.15, -0.1) is 0 Å². The van der Waals surface area contributed by atoms with E-state index in [1.165, 1.54) is 36.4 Å². The number of hydrogen-bond acceptors (Lipinski definition) is 6. The molecule has 0 radical (unpaired) electrons. The van der Waals surface area contributed by atoms with Crippen molar-refractivity contribution in [2.75, 3.05) is 5.32 Å². The van der Waals surface area contributed by atoms with Crippen LogP contribution in [0.2, 0.25) is 0 Å². The molecule has 1 aromatic heterocycles. The molecule has 0 unspecified atom stereocenters. The number of pyridine rings is 1. The van der Waals surface area contributed by atoms with E-state index in [9.17, 15) is 23.2 Å². The number of nitriles is 1. The number of anilines is 1. The monoisotopic (exact) mass is 360 g/mol. The fourth-order valence-electron chi connectivity index (χ4n) is 1.82. The molecule has 9 nitrogen and oxygen atoms in total. The Bertz CT molecular complexity index is 949. The van der Waals surface area contributed by atoms with Crippen molar-refractivity contribution in [1.29, 1.82) is 5.26 Å². The van der Waals surface area contributed by atoms with Crippen LogP contribution in [0.4, 0.5) is 5.69 Å². The van der Waals surface area contributed by atoms with E-state index in [0.717, 1.165) is 12.4 Å². The number of nitrogens with zero attached hydrogens (tertiary/aromatic N) is 2. The molecule has 0 saturated heterocycles. The summed E-state index contributed by atoms with van der Waals surface area (Å²) < 4.78 is 26.6. The highest BCUT2D eigenvalue weighted by molar-refractivity contribution is 7.90. The van der Waals surface area contributed by atoms with Gasteiger partial charge in [0.25, 0.3) is 15.9 Å². The van der Waals surface area contributed by atoms with Crippen molar-refractivity contribution >= 4 is 27.5 Å². The smallest absolute Gasteiger partial charge is 0.271 e. The lowest BCUT2D eigenvalue weighted by Gasteiger charge is -2.08. The van der Waals surface area contributed by atoms with Crippen LogP contribution in [-0.4, -0.2) is 20.2 Å². The van der Waals surface area contributed by atoms with E-state index in [2.05, 4.69) is 5.32 Å². The second-order valence-electron chi connectivity index (χ2n) is 4.79. The predicted octanol–water partition coefficient (Wildman–Crippen LogP) is 0.291. The summed E-state index contributed by atoms with van der Waals surface area (Å²) in [5.41, 5.74) is 0.197. The molecule has 1 heterocycles. The summed E-state index contributed by atoms with van der Waals surface area (Å²) in [6, 6.07) is 9.32. The zero-order valence-corrected chi connectivity index (χ0v) is 13.5. The molecule has 25 heavy (non-hydrogen) atoms. The second kappa shape index (κ2) is 7.41. The lowest BCUT2D eigenvalue weighted by molar-refractivity contribution is -0.605. The van der Waals surface area contributed by atoms with E-state index in [0.29, 0.717) is 10.4 Å². The fraction of sp³-hybridized carbons (Fsp3) is 0.0667. The molecule has 0 spiro atoms. The summed E-state index contributed by atoms with van der Waals surface area (Å²) in [5, 5.41) is 22.0. The molecule has 0 atom stereocenters. The SMILES string of the molecule is N#CCC(=O)Nc1ccc(S(=O)(=O)NC(=O)c2ccc[n+]([O-])c2)cc1. The number of aromatic nitrogens is 1. The Morgan fingerprint density at radius 1 is 1.20 bits per heavy atom. The summed E-state index contributed by atoms with van der Waals surface area (Å²) in [4.78, 5) is 23.0. The number of carbonyl (C=O) groups excluding carboxylic acids is 2. The Labute approximate surface area is 143 Å². The number of amides is 2. The summed E-state index contributed by atoms with van der Waals surface area (Å²) in [6.45, 7) is 0. The summed E-state index contributed by atoms with van der Waals surface area (Å²) in [6.07, 6.45) is 1.77.